The van der Waals surface area contributed by atoms with Crippen LogP contribution in [-0.2, 0) is 14.8 Å². The van der Waals surface area contributed by atoms with Crippen molar-refractivity contribution in [1.82, 2.24) is 9.62 Å². The molecule has 1 aliphatic heterocycles. The molecule has 1 heterocycles. The van der Waals surface area contributed by atoms with Gasteiger partial charge in [0.1, 0.15) is 0 Å². The second-order valence-electron chi connectivity index (χ2n) is 4.58. The summed E-state index contributed by atoms with van der Waals surface area (Å²) in [5, 5.41) is 5.81. The van der Waals surface area contributed by atoms with Crippen molar-refractivity contribution in [1.29, 1.82) is 0 Å². The monoisotopic (exact) mass is 297 g/mol. The lowest BCUT2D eigenvalue weighted by Crippen LogP contribution is -2.46. The van der Waals surface area contributed by atoms with Crippen LogP contribution in [0.25, 0.3) is 0 Å². The number of hydrogen-bond acceptors (Lipinski definition) is 4. The molecule has 7 heteroatoms. The molecule has 0 atom stereocenters. The van der Waals surface area contributed by atoms with E-state index >= 15 is 0 Å². The molecule has 0 bridgehead atoms. The molecule has 2 N–H and O–H groups in total. The van der Waals surface area contributed by atoms with E-state index in [0.717, 1.165) is 0 Å². The highest BCUT2D eigenvalue weighted by atomic mass is 32.2. The van der Waals surface area contributed by atoms with Gasteiger partial charge in [0.25, 0.3) is 0 Å². The molecule has 110 valence electrons. The molecule has 1 aliphatic rings. The minimum atomic E-state index is -3.43. The Labute approximate surface area is 119 Å². The normalized spacial score (nSPS) is 16.9. The molecule has 0 spiro atoms. The summed E-state index contributed by atoms with van der Waals surface area (Å²) >= 11 is 0. The molecule has 1 aromatic carbocycles. The number of nitrogens with zero attached hydrogens (tertiary/aromatic N) is 1. The van der Waals surface area contributed by atoms with Gasteiger partial charge in [-0.25, -0.2) is 8.42 Å². The maximum Gasteiger partial charge on any atom is 0.243 e. The molecule has 0 aromatic heterocycles. The summed E-state index contributed by atoms with van der Waals surface area (Å²) in [5.74, 6) is -0.0947. The summed E-state index contributed by atoms with van der Waals surface area (Å²) in [4.78, 5) is 11.5. The lowest BCUT2D eigenvalue weighted by molar-refractivity contribution is -0.115. The summed E-state index contributed by atoms with van der Waals surface area (Å²) in [5.41, 5.74) is 0.608. The third kappa shape index (κ3) is 3.36. The maximum absolute atomic E-state index is 12.4. The first-order valence-corrected chi connectivity index (χ1v) is 8.09. The zero-order chi connectivity index (χ0) is 14.6. The van der Waals surface area contributed by atoms with Crippen LogP contribution in [-0.4, -0.2) is 44.8 Å². The lowest BCUT2D eigenvalue weighted by Gasteiger charge is -2.26. The zero-order valence-electron chi connectivity index (χ0n) is 11.4. The number of anilines is 1. The van der Waals surface area contributed by atoms with Gasteiger partial charge in [-0.05, 0) is 24.3 Å². The van der Waals surface area contributed by atoms with Gasteiger partial charge in [0.05, 0.1) is 4.90 Å². The molecule has 0 aliphatic carbocycles. The topological polar surface area (TPSA) is 78.5 Å². The number of piperazine rings is 1. The van der Waals surface area contributed by atoms with Crippen LogP contribution in [0.5, 0.6) is 0 Å². The molecule has 1 amide bonds. The van der Waals surface area contributed by atoms with E-state index in [0.29, 0.717) is 38.3 Å². The Hall–Kier alpha value is -1.44. The second kappa shape index (κ2) is 6.34. The first-order chi connectivity index (χ1) is 9.54. The molecule has 1 fully saturated rings. The van der Waals surface area contributed by atoms with Crippen molar-refractivity contribution in [2.75, 3.05) is 31.5 Å². The first kappa shape index (κ1) is 15.0. The standard InChI is InChI=1S/C13H19N3O3S/c1-2-13(17)15-11-3-5-12(6-4-11)20(18,19)16-9-7-14-8-10-16/h3-6,14H,2,7-10H2,1H3,(H,15,17). The number of nitrogens with one attached hydrogen (secondary N) is 2. The third-order valence-electron chi connectivity index (χ3n) is 3.17. The van der Waals surface area contributed by atoms with Crippen molar-refractivity contribution in [3.8, 4) is 0 Å². The predicted molar refractivity (Wildman–Crippen MR) is 77.0 cm³/mol. The quantitative estimate of drug-likeness (QED) is 0.854. The van der Waals surface area contributed by atoms with Crippen LogP contribution in [0.2, 0.25) is 0 Å². The van der Waals surface area contributed by atoms with Gasteiger partial charge in [0.2, 0.25) is 15.9 Å². The molecule has 0 unspecified atom stereocenters. The summed E-state index contributed by atoms with van der Waals surface area (Å²) in [6, 6.07) is 6.29. The smallest absolute Gasteiger partial charge is 0.243 e. The van der Waals surface area contributed by atoms with Gasteiger partial charge < -0.3 is 10.6 Å². The number of amides is 1. The summed E-state index contributed by atoms with van der Waals surface area (Å²) in [6.07, 6.45) is 0.390. The van der Waals surface area contributed by atoms with E-state index in [9.17, 15) is 13.2 Å². The summed E-state index contributed by atoms with van der Waals surface area (Å²) in [6.45, 7) is 4.07. The van der Waals surface area contributed by atoms with Gasteiger partial charge in [0, 0.05) is 38.3 Å². The van der Waals surface area contributed by atoms with E-state index in [1.807, 2.05) is 0 Å². The van der Waals surface area contributed by atoms with Crippen molar-refractivity contribution in [2.45, 2.75) is 18.2 Å². The van der Waals surface area contributed by atoms with E-state index in [4.69, 9.17) is 0 Å². The average molecular weight is 297 g/mol. The number of carbonyl (C=O) groups is 1. The molecule has 0 saturated carbocycles. The van der Waals surface area contributed by atoms with Crippen LogP contribution in [0.4, 0.5) is 5.69 Å². The number of hydrogen-bond donors (Lipinski definition) is 2. The van der Waals surface area contributed by atoms with Gasteiger partial charge in [-0.1, -0.05) is 6.92 Å². The number of rotatable bonds is 4. The Morgan fingerprint density at radius 3 is 2.40 bits per heavy atom. The van der Waals surface area contributed by atoms with E-state index in [2.05, 4.69) is 10.6 Å². The van der Waals surface area contributed by atoms with Crippen LogP contribution >= 0.6 is 0 Å². The van der Waals surface area contributed by atoms with Crippen LogP contribution < -0.4 is 10.6 Å². The number of benzene rings is 1. The van der Waals surface area contributed by atoms with Crippen molar-refractivity contribution in [3.05, 3.63) is 24.3 Å². The van der Waals surface area contributed by atoms with Crippen molar-refractivity contribution in [3.63, 3.8) is 0 Å². The van der Waals surface area contributed by atoms with Crippen LogP contribution in [0.15, 0.2) is 29.2 Å². The van der Waals surface area contributed by atoms with E-state index in [1.165, 1.54) is 16.4 Å². The number of carbonyl (C=O) groups excluding carboxylic acids is 1. The highest BCUT2D eigenvalue weighted by Crippen LogP contribution is 2.18. The zero-order valence-corrected chi connectivity index (χ0v) is 12.2. The molecular formula is C13H19N3O3S. The molecule has 6 nitrogen and oxygen atoms in total. The minimum absolute atomic E-state index is 0.0947. The third-order valence-corrected chi connectivity index (χ3v) is 5.09. The molecule has 1 aromatic rings. The molecule has 20 heavy (non-hydrogen) atoms. The second-order valence-corrected chi connectivity index (χ2v) is 6.52. The SMILES string of the molecule is CCC(=O)Nc1ccc(S(=O)(=O)N2CCNCC2)cc1. The fourth-order valence-electron chi connectivity index (χ4n) is 1.99. The van der Waals surface area contributed by atoms with Crippen molar-refractivity contribution in [2.24, 2.45) is 0 Å². The van der Waals surface area contributed by atoms with Gasteiger partial charge in [-0.3, -0.25) is 4.79 Å². The maximum atomic E-state index is 12.4. The van der Waals surface area contributed by atoms with Gasteiger partial charge >= 0.3 is 0 Å². The Morgan fingerprint density at radius 2 is 1.85 bits per heavy atom. The summed E-state index contributed by atoms with van der Waals surface area (Å²) in [7, 11) is -3.43. The van der Waals surface area contributed by atoms with E-state index < -0.39 is 10.0 Å². The fourth-order valence-corrected chi connectivity index (χ4v) is 3.43. The van der Waals surface area contributed by atoms with Crippen LogP contribution in [0, 0.1) is 0 Å². The molecule has 2 rings (SSSR count). The molecule has 1 saturated heterocycles. The first-order valence-electron chi connectivity index (χ1n) is 6.65. The lowest BCUT2D eigenvalue weighted by atomic mass is 10.3. The highest BCUT2D eigenvalue weighted by Gasteiger charge is 2.25. The van der Waals surface area contributed by atoms with Crippen LogP contribution in [0.3, 0.4) is 0 Å². The average Bonchev–Trinajstić information content (AvgIpc) is 2.48. The van der Waals surface area contributed by atoms with Crippen LogP contribution in [0.1, 0.15) is 13.3 Å². The van der Waals surface area contributed by atoms with E-state index in [-0.39, 0.29) is 10.8 Å². The van der Waals surface area contributed by atoms with E-state index in [1.54, 1.807) is 19.1 Å². The summed E-state index contributed by atoms with van der Waals surface area (Å²) < 4.78 is 26.3. The van der Waals surface area contributed by atoms with Crippen molar-refractivity contribution >= 4 is 21.6 Å². The number of sulfonamides is 1. The van der Waals surface area contributed by atoms with Gasteiger partial charge in [0.15, 0.2) is 0 Å². The Kier molecular flexibility index (Phi) is 4.74. The fraction of sp³-hybridized carbons (Fsp3) is 0.462. The Morgan fingerprint density at radius 1 is 1.25 bits per heavy atom. The van der Waals surface area contributed by atoms with Gasteiger partial charge in [-0.2, -0.15) is 4.31 Å². The molecular weight excluding hydrogens is 278 g/mol. The highest BCUT2D eigenvalue weighted by molar-refractivity contribution is 7.89. The molecule has 0 radical (unpaired) electrons. The minimum Gasteiger partial charge on any atom is -0.326 e. The Bertz CT molecular complexity index is 563. The van der Waals surface area contributed by atoms with Crippen molar-refractivity contribution < 1.29 is 13.2 Å². The predicted octanol–water partition coefficient (Wildman–Crippen LogP) is 0.629. The largest absolute Gasteiger partial charge is 0.326 e. The van der Waals surface area contributed by atoms with Gasteiger partial charge in [-0.15, -0.1) is 0 Å². The Balaban J connectivity index is 2.14.